The van der Waals surface area contributed by atoms with Gasteiger partial charge >= 0.3 is 6.18 Å². The van der Waals surface area contributed by atoms with Gasteiger partial charge in [0.25, 0.3) is 5.91 Å². The summed E-state index contributed by atoms with van der Waals surface area (Å²) >= 11 is 9.40. The van der Waals surface area contributed by atoms with Crippen LogP contribution in [0.2, 0.25) is 5.02 Å². The van der Waals surface area contributed by atoms with E-state index in [4.69, 9.17) is 11.6 Å². The standard InChI is InChI=1S/C19H12BrClF4N2O2/c20-7-3-11-15(14(4-7)26-17(28)9-6-12(9)19(23,24)25)16(27-18(11)29)10-5-8(22)1-2-13(10)21/h1-5,9,12,16H,6H2,(H,26,28)(H,27,29)/t9-,12+,16-/m0/s1. The second-order valence-corrected chi connectivity index (χ2v) is 8.29. The molecular formula is C19H12BrClF4N2O2. The number of fused-ring (bicyclic) bond motifs is 1. The Bertz CT molecular complexity index is 1040. The number of carbonyl (C=O) groups excluding carboxylic acids is 2. The summed E-state index contributed by atoms with van der Waals surface area (Å²) in [6, 6.07) is 5.81. The molecule has 0 bridgehead atoms. The molecule has 1 saturated carbocycles. The van der Waals surface area contributed by atoms with E-state index in [2.05, 4.69) is 26.6 Å². The lowest BCUT2D eigenvalue weighted by molar-refractivity contribution is -0.153. The van der Waals surface area contributed by atoms with Gasteiger partial charge in [-0.2, -0.15) is 13.2 Å². The number of anilines is 1. The third kappa shape index (κ3) is 3.73. The van der Waals surface area contributed by atoms with Crippen LogP contribution in [0.5, 0.6) is 0 Å². The molecule has 2 aliphatic rings. The van der Waals surface area contributed by atoms with Gasteiger partial charge in [-0.15, -0.1) is 0 Å². The van der Waals surface area contributed by atoms with E-state index in [1.807, 2.05) is 0 Å². The van der Waals surface area contributed by atoms with E-state index in [9.17, 15) is 27.2 Å². The third-order valence-electron chi connectivity index (χ3n) is 5.03. The molecule has 2 N–H and O–H groups in total. The minimum atomic E-state index is -4.43. The molecule has 0 aromatic heterocycles. The predicted octanol–water partition coefficient (Wildman–Crippen LogP) is 5.21. The monoisotopic (exact) mass is 490 g/mol. The first-order valence-electron chi connectivity index (χ1n) is 8.53. The fraction of sp³-hybridized carbons (Fsp3) is 0.263. The van der Waals surface area contributed by atoms with Crippen LogP contribution in [0.25, 0.3) is 0 Å². The molecule has 1 fully saturated rings. The Kier molecular flexibility index (Phi) is 4.85. The van der Waals surface area contributed by atoms with Crippen molar-refractivity contribution in [2.45, 2.75) is 18.6 Å². The highest BCUT2D eigenvalue weighted by molar-refractivity contribution is 9.10. The Balaban J connectivity index is 1.72. The summed E-state index contributed by atoms with van der Waals surface area (Å²) in [6.45, 7) is 0. The summed E-state index contributed by atoms with van der Waals surface area (Å²) in [6.07, 6.45) is -4.71. The normalized spacial score (nSPS) is 22.8. The first kappa shape index (κ1) is 20.2. The van der Waals surface area contributed by atoms with Gasteiger partial charge in [-0.3, -0.25) is 9.59 Å². The Morgan fingerprint density at radius 1 is 1.24 bits per heavy atom. The molecule has 152 valence electrons. The van der Waals surface area contributed by atoms with E-state index in [-0.39, 0.29) is 28.3 Å². The minimum Gasteiger partial charge on any atom is -0.341 e. The zero-order valence-corrected chi connectivity index (χ0v) is 16.8. The van der Waals surface area contributed by atoms with Crippen molar-refractivity contribution in [1.82, 2.24) is 5.32 Å². The fourth-order valence-corrected chi connectivity index (χ4v) is 4.23. The maximum atomic E-state index is 13.8. The number of halogens is 6. The van der Waals surface area contributed by atoms with Crippen molar-refractivity contribution in [2.75, 3.05) is 5.32 Å². The number of amides is 2. The van der Waals surface area contributed by atoms with Gasteiger partial charge in [0.1, 0.15) is 5.82 Å². The number of hydrogen-bond acceptors (Lipinski definition) is 2. The molecule has 1 heterocycles. The molecule has 2 amide bonds. The number of benzene rings is 2. The molecule has 3 atom stereocenters. The SMILES string of the molecule is O=C1N[C@@H](c2cc(F)ccc2Cl)c2c(NC(=O)[C@H]3C[C@H]3C(F)(F)F)cc(Br)cc21. The van der Waals surface area contributed by atoms with Crippen LogP contribution in [-0.2, 0) is 4.79 Å². The number of hydrogen-bond donors (Lipinski definition) is 2. The predicted molar refractivity (Wildman–Crippen MR) is 101 cm³/mol. The van der Waals surface area contributed by atoms with Crippen molar-refractivity contribution in [2.24, 2.45) is 11.8 Å². The van der Waals surface area contributed by atoms with Crippen molar-refractivity contribution in [3.8, 4) is 0 Å². The quantitative estimate of drug-likeness (QED) is 0.579. The molecular weight excluding hydrogens is 480 g/mol. The largest absolute Gasteiger partial charge is 0.392 e. The minimum absolute atomic E-state index is 0.163. The van der Waals surface area contributed by atoms with Gasteiger partial charge < -0.3 is 10.6 Å². The smallest absolute Gasteiger partial charge is 0.341 e. The summed E-state index contributed by atoms with van der Waals surface area (Å²) in [5.41, 5.74) is 0.971. The summed E-state index contributed by atoms with van der Waals surface area (Å²) in [5, 5.41) is 5.38. The first-order chi connectivity index (χ1) is 13.6. The van der Waals surface area contributed by atoms with E-state index in [0.29, 0.717) is 10.0 Å². The topological polar surface area (TPSA) is 58.2 Å². The second kappa shape index (κ2) is 6.98. The Morgan fingerprint density at radius 2 is 1.97 bits per heavy atom. The van der Waals surface area contributed by atoms with Crippen LogP contribution in [0.1, 0.15) is 33.9 Å². The Hall–Kier alpha value is -2.13. The van der Waals surface area contributed by atoms with Crippen molar-refractivity contribution >= 4 is 45.0 Å². The lowest BCUT2D eigenvalue weighted by atomic mass is 9.96. The zero-order chi connectivity index (χ0) is 21.1. The molecule has 2 aromatic rings. The van der Waals surface area contributed by atoms with Crippen LogP contribution < -0.4 is 10.6 Å². The van der Waals surface area contributed by atoms with Crippen LogP contribution in [0, 0.1) is 17.7 Å². The third-order valence-corrected chi connectivity index (χ3v) is 5.83. The van der Waals surface area contributed by atoms with E-state index >= 15 is 0 Å². The average molecular weight is 492 g/mol. The molecule has 2 aromatic carbocycles. The average Bonchev–Trinajstić information content (AvgIpc) is 3.37. The molecule has 0 spiro atoms. The molecule has 1 aliphatic carbocycles. The van der Waals surface area contributed by atoms with Crippen molar-refractivity contribution in [1.29, 1.82) is 0 Å². The Labute approximate surface area is 175 Å². The van der Waals surface area contributed by atoms with Gasteiger partial charge in [0, 0.05) is 31.9 Å². The highest BCUT2D eigenvalue weighted by Crippen LogP contribution is 2.51. The van der Waals surface area contributed by atoms with Gasteiger partial charge in [-0.25, -0.2) is 4.39 Å². The van der Waals surface area contributed by atoms with Gasteiger partial charge in [0.05, 0.1) is 17.9 Å². The summed E-state index contributed by atoms with van der Waals surface area (Å²) in [7, 11) is 0. The molecule has 0 radical (unpaired) electrons. The molecule has 4 rings (SSSR count). The molecule has 4 nitrogen and oxygen atoms in total. The van der Waals surface area contributed by atoms with Crippen LogP contribution in [0.4, 0.5) is 23.2 Å². The molecule has 0 saturated heterocycles. The molecule has 0 unspecified atom stereocenters. The van der Waals surface area contributed by atoms with Crippen molar-refractivity contribution in [3.63, 3.8) is 0 Å². The van der Waals surface area contributed by atoms with Crippen LogP contribution >= 0.6 is 27.5 Å². The van der Waals surface area contributed by atoms with Crippen LogP contribution in [0.15, 0.2) is 34.8 Å². The zero-order valence-electron chi connectivity index (χ0n) is 14.4. The van der Waals surface area contributed by atoms with Gasteiger partial charge in [0.15, 0.2) is 0 Å². The second-order valence-electron chi connectivity index (χ2n) is 6.97. The van der Waals surface area contributed by atoms with E-state index in [1.54, 1.807) is 0 Å². The van der Waals surface area contributed by atoms with E-state index in [1.165, 1.54) is 18.2 Å². The van der Waals surface area contributed by atoms with Crippen molar-refractivity contribution in [3.05, 3.63) is 62.3 Å². The number of nitrogens with one attached hydrogen (secondary N) is 2. The highest BCUT2D eigenvalue weighted by atomic mass is 79.9. The lowest BCUT2D eigenvalue weighted by Crippen LogP contribution is -2.22. The summed E-state index contributed by atoms with van der Waals surface area (Å²) in [5.74, 6) is -4.67. The lowest BCUT2D eigenvalue weighted by Gasteiger charge is -2.18. The maximum Gasteiger partial charge on any atom is 0.392 e. The van der Waals surface area contributed by atoms with Gasteiger partial charge in [-0.05, 0) is 36.8 Å². The van der Waals surface area contributed by atoms with Crippen LogP contribution in [0.3, 0.4) is 0 Å². The highest BCUT2D eigenvalue weighted by Gasteiger charge is 2.59. The van der Waals surface area contributed by atoms with Gasteiger partial charge in [0.2, 0.25) is 5.91 Å². The first-order valence-corrected chi connectivity index (χ1v) is 9.70. The Morgan fingerprint density at radius 3 is 2.62 bits per heavy atom. The molecule has 10 heteroatoms. The van der Waals surface area contributed by atoms with E-state index < -0.39 is 41.7 Å². The van der Waals surface area contributed by atoms with Crippen LogP contribution in [-0.4, -0.2) is 18.0 Å². The number of alkyl halides is 3. The maximum absolute atomic E-state index is 13.8. The molecule has 1 aliphatic heterocycles. The fourth-order valence-electron chi connectivity index (χ4n) is 3.54. The van der Waals surface area contributed by atoms with E-state index in [0.717, 1.165) is 12.1 Å². The van der Waals surface area contributed by atoms with Crippen molar-refractivity contribution < 1.29 is 27.2 Å². The molecule has 29 heavy (non-hydrogen) atoms. The summed E-state index contributed by atoms with van der Waals surface area (Å²) in [4.78, 5) is 24.8. The number of rotatable bonds is 3. The number of carbonyl (C=O) groups is 2. The van der Waals surface area contributed by atoms with Gasteiger partial charge in [-0.1, -0.05) is 27.5 Å². The summed E-state index contributed by atoms with van der Waals surface area (Å²) < 4.78 is 52.6.